The first-order valence-corrected chi connectivity index (χ1v) is 10.5. The van der Waals surface area contributed by atoms with Crippen LogP contribution in [0.25, 0.3) is 0 Å². The summed E-state index contributed by atoms with van der Waals surface area (Å²) in [7, 11) is 1.24. The molecule has 2 aliphatic heterocycles. The molecule has 4 rings (SSSR count). The zero-order valence-electron chi connectivity index (χ0n) is 17.6. The number of fused-ring (bicyclic) bond motifs is 1. The quantitative estimate of drug-likeness (QED) is 0.269. The molecule has 2 heterocycles. The van der Waals surface area contributed by atoms with E-state index in [1.807, 2.05) is 0 Å². The van der Waals surface area contributed by atoms with E-state index >= 15 is 0 Å². The third-order valence-electron chi connectivity index (χ3n) is 6.07. The van der Waals surface area contributed by atoms with Gasteiger partial charge in [0.05, 0.1) is 42.0 Å². The van der Waals surface area contributed by atoms with Crippen LogP contribution in [-0.4, -0.2) is 51.8 Å². The number of methoxy groups -OCH3 is 1. The number of ether oxygens (including phenoxy) is 1. The topological polar surface area (TPSA) is 156 Å². The maximum Gasteiger partial charge on any atom is 0.337 e. The summed E-state index contributed by atoms with van der Waals surface area (Å²) in [6, 6.07) is 7.32. The Hall–Kier alpha value is -3.83. The molecule has 0 radical (unpaired) electrons. The van der Waals surface area contributed by atoms with Crippen LogP contribution in [0.3, 0.4) is 0 Å². The highest BCUT2D eigenvalue weighted by atomic mass is 35.5. The van der Waals surface area contributed by atoms with Crippen LogP contribution in [0.15, 0.2) is 42.5 Å². The second kappa shape index (κ2) is 8.84. The number of nitrogens with one attached hydrogen (secondary N) is 1. The zero-order valence-corrected chi connectivity index (χ0v) is 18.4. The summed E-state index contributed by atoms with van der Waals surface area (Å²) in [5, 5.41) is 24.1. The van der Waals surface area contributed by atoms with Gasteiger partial charge < -0.3 is 9.84 Å². The number of hydrogen-bond donors (Lipinski definition) is 2. The van der Waals surface area contributed by atoms with Gasteiger partial charge in [0.15, 0.2) is 0 Å². The molecular formula is C22H18ClN3O8. The van der Waals surface area contributed by atoms with E-state index < -0.39 is 52.6 Å². The molecule has 2 amide bonds. The van der Waals surface area contributed by atoms with E-state index in [9.17, 15) is 34.4 Å². The number of carboxylic acids is 1. The molecule has 4 unspecified atom stereocenters. The van der Waals surface area contributed by atoms with E-state index in [0.29, 0.717) is 5.56 Å². The average Bonchev–Trinajstić information content (AvgIpc) is 3.31. The highest BCUT2D eigenvalue weighted by molar-refractivity contribution is 6.30. The Morgan fingerprint density at radius 3 is 2.38 bits per heavy atom. The van der Waals surface area contributed by atoms with Crippen molar-refractivity contribution in [2.45, 2.75) is 18.6 Å². The van der Waals surface area contributed by atoms with Gasteiger partial charge in [-0.2, -0.15) is 0 Å². The van der Waals surface area contributed by atoms with Crippen molar-refractivity contribution >= 4 is 41.0 Å². The summed E-state index contributed by atoms with van der Waals surface area (Å²) in [4.78, 5) is 61.9. The fraction of sp³-hybridized carbons (Fsp3) is 0.273. The third kappa shape index (κ3) is 3.88. The van der Waals surface area contributed by atoms with Crippen molar-refractivity contribution in [3.05, 3.63) is 74.3 Å². The molecular weight excluding hydrogens is 470 g/mol. The Morgan fingerprint density at radius 2 is 1.79 bits per heavy atom. The normalized spacial score (nSPS) is 23.6. The first-order chi connectivity index (χ1) is 16.1. The molecule has 176 valence electrons. The Morgan fingerprint density at radius 1 is 1.15 bits per heavy atom. The van der Waals surface area contributed by atoms with Crippen molar-refractivity contribution < 1.29 is 33.9 Å². The number of imide groups is 1. The third-order valence-corrected chi connectivity index (χ3v) is 6.30. The van der Waals surface area contributed by atoms with Gasteiger partial charge in [-0.1, -0.05) is 23.7 Å². The molecule has 2 aliphatic rings. The molecule has 11 nitrogen and oxygen atoms in total. The van der Waals surface area contributed by atoms with Gasteiger partial charge in [0.2, 0.25) is 11.8 Å². The highest BCUT2D eigenvalue weighted by Crippen LogP contribution is 2.46. The van der Waals surface area contributed by atoms with Crippen molar-refractivity contribution in [3.8, 4) is 0 Å². The summed E-state index contributed by atoms with van der Waals surface area (Å²) >= 11 is 6.03. The lowest BCUT2D eigenvalue weighted by Crippen LogP contribution is -2.42. The minimum Gasteiger partial charge on any atom is -0.480 e. The van der Waals surface area contributed by atoms with Crippen molar-refractivity contribution in [1.82, 2.24) is 10.2 Å². The van der Waals surface area contributed by atoms with Gasteiger partial charge in [0.1, 0.15) is 6.04 Å². The van der Waals surface area contributed by atoms with Gasteiger partial charge in [0.25, 0.3) is 5.69 Å². The maximum atomic E-state index is 13.3. The Bertz CT molecular complexity index is 1220. The highest BCUT2D eigenvalue weighted by Gasteiger charge is 2.61. The largest absolute Gasteiger partial charge is 0.480 e. The predicted octanol–water partition coefficient (Wildman–Crippen LogP) is 1.93. The maximum absolute atomic E-state index is 13.3. The molecule has 0 saturated carbocycles. The average molecular weight is 488 g/mol. The number of carbonyl (C=O) groups excluding carboxylic acids is 3. The summed E-state index contributed by atoms with van der Waals surface area (Å²) in [5.41, 5.74) is 0.496. The van der Waals surface area contributed by atoms with Crippen LogP contribution in [0.4, 0.5) is 5.69 Å². The fourth-order valence-electron chi connectivity index (χ4n) is 4.53. The van der Waals surface area contributed by atoms with Gasteiger partial charge in [-0.25, -0.2) is 4.79 Å². The number of rotatable bonds is 6. The minimum atomic E-state index is -1.42. The number of benzene rings is 2. The van der Waals surface area contributed by atoms with Crippen LogP contribution in [0.1, 0.15) is 27.5 Å². The second-order valence-electron chi connectivity index (χ2n) is 7.92. The molecule has 12 heteroatoms. The van der Waals surface area contributed by atoms with E-state index in [1.165, 1.54) is 37.4 Å². The molecule has 2 aromatic carbocycles. The number of amides is 2. The van der Waals surface area contributed by atoms with E-state index in [-0.39, 0.29) is 28.4 Å². The smallest absolute Gasteiger partial charge is 0.337 e. The fourth-order valence-corrected chi connectivity index (χ4v) is 4.71. The molecule has 2 saturated heterocycles. The van der Waals surface area contributed by atoms with E-state index in [0.717, 1.165) is 4.90 Å². The van der Waals surface area contributed by atoms with Crippen molar-refractivity contribution in [2.24, 2.45) is 11.8 Å². The first kappa shape index (κ1) is 23.3. The molecule has 0 aromatic heterocycles. The van der Waals surface area contributed by atoms with Crippen molar-refractivity contribution in [1.29, 1.82) is 0 Å². The van der Waals surface area contributed by atoms with Gasteiger partial charge in [-0.15, -0.1) is 0 Å². The Kier molecular flexibility index (Phi) is 6.07. The summed E-state index contributed by atoms with van der Waals surface area (Å²) in [6.45, 7) is -0.150. The molecule has 2 N–H and O–H groups in total. The molecule has 0 spiro atoms. The predicted molar refractivity (Wildman–Crippen MR) is 116 cm³/mol. The van der Waals surface area contributed by atoms with E-state index in [2.05, 4.69) is 10.1 Å². The summed E-state index contributed by atoms with van der Waals surface area (Å²) < 4.78 is 4.64. The number of carboxylic acid groups (broad SMARTS) is 1. The van der Waals surface area contributed by atoms with Gasteiger partial charge >= 0.3 is 11.9 Å². The zero-order chi connectivity index (χ0) is 24.7. The number of halogens is 1. The Labute approximate surface area is 197 Å². The minimum absolute atomic E-state index is 0.0293. The second-order valence-corrected chi connectivity index (χ2v) is 8.36. The standard InChI is InChI=1S/C22H18ClN3O8/c1-34-22(31)11-4-2-10(3-5-11)9-25-19(27)15-16(20(25)28)18(21(29)30)24-17(15)13-8-12(23)6-7-14(13)26(32)33/h2-8,15-18,24H,9H2,1H3,(H,29,30). The molecule has 0 bridgehead atoms. The number of nitrogens with zero attached hydrogens (tertiary/aromatic N) is 2. The molecule has 34 heavy (non-hydrogen) atoms. The van der Waals surface area contributed by atoms with Crippen molar-refractivity contribution in [3.63, 3.8) is 0 Å². The van der Waals surface area contributed by atoms with Crippen LogP contribution in [0.5, 0.6) is 0 Å². The number of carbonyl (C=O) groups is 4. The molecule has 0 aliphatic carbocycles. The van der Waals surface area contributed by atoms with Crippen LogP contribution in [0.2, 0.25) is 5.02 Å². The Balaban J connectivity index is 1.69. The van der Waals surface area contributed by atoms with Gasteiger partial charge in [-0.3, -0.25) is 34.7 Å². The SMILES string of the molecule is COC(=O)c1ccc(CN2C(=O)C3C(C(=O)O)NC(c4cc(Cl)ccc4[N+](=O)[O-])C3C2=O)cc1. The summed E-state index contributed by atoms with van der Waals surface area (Å²) in [6.07, 6.45) is 0. The molecule has 4 atom stereocenters. The van der Waals surface area contributed by atoms with Crippen LogP contribution in [0, 0.1) is 22.0 Å². The molecule has 2 fully saturated rings. The van der Waals surface area contributed by atoms with Crippen LogP contribution < -0.4 is 5.32 Å². The molecule has 2 aromatic rings. The van der Waals surface area contributed by atoms with Crippen LogP contribution in [-0.2, 0) is 25.7 Å². The number of nitro groups is 1. The number of aliphatic carboxylic acids is 1. The number of nitro benzene ring substituents is 1. The number of likely N-dealkylation sites (tertiary alicyclic amines) is 1. The van der Waals surface area contributed by atoms with E-state index in [1.54, 1.807) is 12.1 Å². The van der Waals surface area contributed by atoms with E-state index in [4.69, 9.17) is 11.6 Å². The lowest BCUT2D eigenvalue weighted by molar-refractivity contribution is -0.385. The monoisotopic (exact) mass is 487 g/mol. The first-order valence-electron chi connectivity index (χ1n) is 10.1. The lowest BCUT2D eigenvalue weighted by Gasteiger charge is -2.21. The van der Waals surface area contributed by atoms with Crippen molar-refractivity contribution in [2.75, 3.05) is 7.11 Å². The van der Waals surface area contributed by atoms with Crippen LogP contribution >= 0.6 is 11.6 Å². The summed E-state index contributed by atoms with van der Waals surface area (Å²) in [5.74, 6) is -5.66. The lowest BCUT2D eigenvalue weighted by atomic mass is 9.86. The van der Waals surface area contributed by atoms with Gasteiger partial charge in [-0.05, 0) is 29.8 Å². The number of esters is 1. The number of hydrogen-bond acceptors (Lipinski definition) is 8. The van der Waals surface area contributed by atoms with Gasteiger partial charge in [0, 0.05) is 16.7 Å².